The standard InChI is InChI=1S/C55H68O11Si/c1-55(2)65-48-46(39-57-34-41-23-13-7-14-24-41)63-54(52(50(48)66-55)61-37-44-29-19-10-20-30-44)64-47-45(38-56-33-40-21-11-6-12-22-40)62-53(58-31-32-67(3,4)5)51(60-36-43-27-17-9-18-28-43)49(47)59-35-42-25-15-8-16-26-42/h6-30,45-54H,31-39H2,1-5H3/t45-,46-,47-,48+,49+,50+,51-,52-,53-,54+/m1/s1. The Balaban J connectivity index is 1.16. The molecular formula is C55H68O11Si. The van der Waals surface area contributed by atoms with Crippen LogP contribution < -0.4 is 0 Å². The van der Waals surface area contributed by atoms with E-state index in [2.05, 4.69) is 31.8 Å². The van der Waals surface area contributed by atoms with Gasteiger partial charge in [0.05, 0.1) is 46.2 Å². The van der Waals surface area contributed by atoms with Gasteiger partial charge < -0.3 is 52.1 Å². The fraction of sp³-hybridized carbons (Fsp3) is 0.455. The molecule has 0 spiro atoms. The molecule has 3 aliphatic rings. The van der Waals surface area contributed by atoms with Crippen LogP contribution in [0, 0.1) is 0 Å². The molecule has 12 heteroatoms. The molecule has 0 saturated carbocycles. The van der Waals surface area contributed by atoms with E-state index in [1.807, 2.05) is 153 Å². The van der Waals surface area contributed by atoms with Gasteiger partial charge in [0.2, 0.25) is 0 Å². The monoisotopic (exact) mass is 932 g/mol. The lowest BCUT2D eigenvalue weighted by molar-refractivity contribution is -0.367. The largest absolute Gasteiger partial charge is 0.374 e. The van der Waals surface area contributed by atoms with Crippen molar-refractivity contribution in [2.75, 3.05) is 19.8 Å². The summed E-state index contributed by atoms with van der Waals surface area (Å²) in [6, 6.07) is 51.4. The molecule has 3 saturated heterocycles. The molecule has 11 nitrogen and oxygen atoms in total. The molecule has 67 heavy (non-hydrogen) atoms. The zero-order valence-electron chi connectivity index (χ0n) is 39.6. The second-order valence-corrected chi connectivity index (χ2v) is 24.8. The lowest BCUT2D eigenvalue weighted by atomic mass is 9.96. The van der Waals surface area contributed by atoms with Gasteiger partial charge >= 0.3 is 0 Å². The smallest absolute Gasteiger partial charge is 0.187 e. The second-order valence-electron chi connectivity index (χ2n) is 19.2. The van der Waals surface area contributed by atoms with Crippen LogP contribution in [0.2, 0.25) is 25.7 Å². The topological polar surface area (TPSA) is 102 Å². The molecule has 0 N–H and O–H groups in total. The Labute approximate surface area is 397 Å². The van der Waals surface area contributed by atoms with Crippen molar-refractivity contribution < 1.29 is 52.1 Å². The molecular weight excluding hydrogens is 865 g/mol. The van der Waals surface area contributed by atoms with Crippen LogP contribution in [0.15, 0.2) is 152 Å². The third-order valence-electron chi connectivity index (χ3n) is 12.1. The lowest BCUT2D eigenvalue weighted by Gasteiger charge is -2.49. The maximum atomic E-state index is 7.41. The minimum Gasteiger partial charge on any atom is -0.374 e. The maximum absolute atomic E-state index is 7.41. The van der Waals surface area contributed by atoms with E-state index >= 15 is 0 Å². The molecule has 0 amide bonds. The van der Waals surface area contributed by atoms with Gasteiger partial charge in [-0.2, -0.15) is 0 Å². The molecule has 0 unspecified atom stereocenters. The van der Waals surface area contributed by atoms with Gasteiger partial charge in [-0.3, -0.25) is 0 Å². The molecule has 5 aromatic carbocycles. The van der Waals surface area contributed by atoms with Crippen LogP contribution in [-0.4, -0.2) is 95.1 Å². The summed E-state index contributed by atoms with van der Waals surface area (Å²) < 4.78 is 75.4. The molecule has 0 aromatic heterocycles. The van der Waals surface area contributed by atoms with Crippen molar-refractivity contribution in [1.82, 2.24) is 0 Å². The SMILES string of the molecule is CC1(C)O[C@H]2[C@@H](O1)[C@@H](COCc1ccccc1)O[C@@H](O[C@H]1[C@H](OCc3ccccc3)[C@@H](OCc3ccccc3)[C@H](OCC[Si](C)(C)C)O[C@@H]1COCc1ccccc1)[C@@H]2OCc1ccccc1. The molecule has 10 atom stereocenters. The summed E-state index contributed by atoms with van der Waals surface area (Å²) in [6.07, 6.45) is -7.20. The average Bonchev–Trinajstić information content (AvgIpc) is 3.67. The van der Waals surface area contributed by atoms with Crippen LogP contribution in [0.1, 0.15) is 41.7 Å². The Morgan fingerprint density at radius 2 is 0.836 bits per heavy atom. The highest BCUT2D eigenvalue weighted by molar-refractivity contribution is 6.76. The Hall–Kier alpha value is -4.12. The van der Waals surface area contributed by atoms with Gasteiger partial charge in [0, 0.05) is 14.7 Å². The summed E-state index contributed by atoms with van der Waals surface area (Å²) in [6.45, 7) is 13.3. The average molecular weight is 933 g/mol. The van der Waals surface area contributed by atoms with E-state index in [9.17, 15) is 0 Å². The van der Waals surface area contributed by atoms with Gasteiger partial charge in [0.15, 0.2) is 18.4 Å². The minimum absolute atomic E-state index is 0.161. The highest BCUT2D eigenvalue weighted by Crippen LogP contribution is 2.41. The predicted molar refractivity (Wildman–Crippen MR) is 257 cm³/mol. The summed E-state index contributed by atoms with van der Waals surface area (Å²) >= 11 is 0. The fourth-order valence-electron chi connectivity index (χ4n) is 8.61. The van der Waals surface area contributed by atoms with E-state index in [0.29, 0.717) is 26.4 Å². The molecule has 0 bridgehead atoms. The first-order chi connectivity index (χ1) is 32.6. The number of ether oxygens (including phenoxy) is 11. The Bertz CT molecular complexity index is 2160. The van der Waals surface area contributed by atoms with Gasteiger partial charge in [-0.15, -0.1) is 0 Å². The van der Waals surface area contributed by atoms with E-state index in [4.69, 9.17) is 52.1 Å². The van der Waals surface area contributed by atoms with Crippen molar-refractivity contribution in [1.29, 1.82) is 0 Å². The Morgan fingerprint density at radius 3 is 1.31 bits per heavy atom. The van der Waals surface area contributed by atoms with Crippen molar-refractivity contribution in [2.24, 2.45) is 0 Å². The first kappa shape index (κ1) is 49.3. The quantitative estimate of drug-likeness (QED) is 0.0586. The van der Waals surface area contributed by atoms with Crippen LogP contribution in [-0.2, 0) is 85.1 Å². The van der Waals surface area contributed by atoms with E-state index in [0.717, 1.165) is 33.9 Å². The number of rotatable bonds is 23. The highest BCUT2D eigenvalue weighted by Gasteiger charge is 2.58. The molecule has 358 valence electrons. The van der Waals surface area contributed by atoms with Crippen molar-refractivity contribution in [3.63, 3.8) is 0 Å². The Morgan fingerprint density at radius 1 is 0.433 bits per heavy atom. The van der Waals surface area contributed by atoms with Crippen molar-refractivity contribution in [3.05, 3.63) is 179 Å². The van der Waals surface area contributed by atoms with Gasteiger partial charge in [-0.25, -0.2) is 0 Å². The van der Waals surface area contributed by atoms with Crippen molar-refractivity contribution >= 4 is 8.07 Å². The maximum Gasteiger partial charge on any atom is 0.187 e. The van der Waals surface area contributed by atoms with Gasteiger partial charge in [0.1, 0.15) is 48.8 Å². The number of benzene rings is 5. The molecule has 5 aromatic rings. The van der Waals surface area contributed by atoms with Crippen LogP contribution >= 0.6 is 0 Å². The van der Waals surface area contributed by atoms with Crippen LogP contribution in [0.3, 0.4) is 0 Å². The molecule has 3 heterocycles. The van der Waals surface area contributed by atoms with E-state index in [1.54, 1.807) is 0 Å². The summed E-state index contributed by atoms with van der Waals surface area (Å²) in [7, 11) is -1.49. The fourth-order valence-corrected chi connectivity index (χ4v) is 9.34. The third kappa shape index (κ3) is 14.5. The summed E-state index contributed by atoms with van der Waals surface area (Å²) in [5.74, 6) is -0.931. The van der Waals surface area contributed by atoms with Gasteiger partial charge in [0.25, 0.3) is 0 Å². The predicted octanol–water partition coefficient (Wildman–Crippen LogP) is 9.89. The van der Waals surface area contributed by atoms with E-state index in [-0.39, 0.29) is 26.4 Å². The molecule has 0 radical (unpaired) electrons. The first-order valence-corrected chi connectivity index (χ1v) is 27.4. The van der Waals surface area contributed by atoms with E-state index < -0.39 is 75.3 Å². The molecule has 0 aliphatic carbocycles. The van der Waals surface area contributed by atoms with Gasteiger partial charge in [-0.05, 0) is 47.7 Å². The summed E-state index contributed by atoms with van der Waals surface area (Å²) in [5, 5.41) is 0. The number of hydrogen-bond donors (Lipinski definition) is 0. The normalized spacial score (nSPS) is 27.1. The Kier molecular flexibility index (Phi) is 17.6. The molecule has 8 rings (SSSR count). The third-order valence-corrected chi connectivity index (χ3v) is 13.8. The summed E-state index contributed by atoms with van der Waals surface area (Å²) in [4.78, 5) is 0. The highest BCUT2D eigenvalue weighted by atomic mass is 28.3. The lowest BCUT2D eigenvalue weighted by Crippen LogP contribution is -2.65. The van der Waals surface area contributed by atoms with E-state index in [1.165, 1.54) is 0 Å². The second kappa shape index (κ2) is 23.9. The van der Waals surface area contributed by atoms with Crippen LogP contribution in [0.5, 0.6) is 0 Å². The number of fused-ring (bicyclic) bond motifs is 1. The van der Waals surface area contributed by atoms with Crippen LogP contribution in [0.4, 0.5) is 0 Å². The minimum atomic E-state index is -1.49. The summed E-state index contributed by atoms with van der Waals surface area (Å²) in [5.41, 5.74) is 5.09. The first-order valence-electron chi connectivity index (χ1n) is 23.7. The molecule has 3 fully saturated rings. The van der Waals surface area contributed by atoms with Crippen molar-refractivity contribution in [2.45, 2.75) is 140 Å². The zero-order chi connectivity index (χ0) is 46.5. The number of hydrogen-bond acceptors (Lipinski definition) is 11. The van der Waals surface area contributed by atoms with Gasteiger partial charge in [-0.1, -0.05) is 171 Å². The van der Waals surface area contributed by atoms with Crippen molar-refractivity contribution in [3.8, 4) is 0 Å². The van der Waals surface area contributed by atoms with Crippen LogP contribution in [0.25, 0.3) is 0 Å². The zero-order valence-corrected chi connectivity index (χ0v) is 40.6. The molecule has 3 aliphatic heterocycles.